The van der Waals surface area contributed by atoms with Crippen molar-refractivity contribution >= 4 is 27.3 Å². The van der Waals surface area contributed by atoms with Crippen molar-refractivity contribution in [1.29, 1.82) is 0 Å². The van der Waals surface area contributed by atoms with E-state index in [0.29, 0.717) is 6.54 Å². The Labute approximate surface area is 107 Å². The summed E-state index contributed by atoms with van der Waals surface area (Å²) in [5, 5.41) is 5.38. The first-order valence-corrected chi connectivity index (χ1v) is 6.69. The molecule has 0 amide bonds. The third-order valence-electron chi connectivity index (χ3n) is 2.27. The number of oxazole rings is 1. The van der Waals surface area contributed by atoms with Crippen LogP contribution in [0.25, 0.3) is 0 Å². The Morgan fingerprint density at radius 1 is 1.44 bits per heavy atom. The van der Waals surface area contributed by atoms with E-state index in [2.05, 4.69) is 37.7 Å². The van der Waals surface area contributed by atoms with Gasteiger partial charge in [0.25, 0.3) is 0 Å². The smallest absolute Gasteiger partial charge is 0.208 e. The van der Waals surface area contributed by atoms with Crippen LogP contribution in [0.5, 0.6) is 0 Å². The maximum atomic E-state index is 5.48. The Balaban J connectivity index is 1.84. The minimum Gasteiger partial charge on any atom is -0.444 e. The fourth-order valence-corrected chi connectivity index (χ4v) is 2.77. The maximum absolute atomic E-state index is 5.48. The van der Waals surface area contributed by atoms with Gasteiger partial charge in [-0.2, -0.15) is 0 Å². The number of aromatic nitrogens is 1. The summed E-state index contributed by atoms with van der Waals surface area (Å²) in [5.74, 6) is 1.65. The average molecular weight is 301 g/mol. The number of hydrogen-bond donors (Lipinski definition) is 1. The highest BCUT2D eigenvalue weighted by Crippen LogP contribution is 2.19. The molecule has 1 N–H and O–H groups in total. The molecule has 0 aromatic carbocycles. The van der Waals surface area contributed by atoms with E-state index in [9.17, 15) is 0 Å². The van der Waals surface area contributed by atoms with Crippen LogP contribution >= 0.6 is 27.3 Å². The Hall–Kier alpha value is -0.650. The van der Waals surface area contributed by atoms with Gasteiger partial charge in [-0.05, 0) is 35.8 Å². The standard InChI is InChI=1S/C11H13BrN2OS/c1-7-8(2)15-11(14-7)5-13-4-10-3-9(12)6-16-10/h3,6,13H,4-5H2,1-2H3. The summed E-state index contributed by atoms with van der Waals surface area (Å²) < 4.78 is 6.61. The number of hydrogen-bond acceptors (Lipinski definition) is 4. The number of thiophene rings is 1. The number of nitrogens with one attached hydrogen (secondary N) is 1. The van der Waals surface area contributed by atoms with Crippen molar-refractivity contribution in [2.45, 2.75) is 26.9 Å². The molecule has 0 fully saturated rings. The Bertz CT molecular complexity index is 459. The maximum Gasteiger partial charge on any atom is 0.208 e. The fourth-order valence-electron chi connectivity index (χ4n) is 1.35. The van der Waals surface area contributed by atoms with E-state index in [-0.39, 0.29) is 0 Å². The number of halogens is 1. The molecule has 16 heavy (non-hydrogen) atoms. The monoisotopic (exact) mass is 300 g/mol. The predicted molar refractivity (Wildman–Crippen MR) is 68.5 cm³/mol. The van der Waals surface area contributed by atoms with Gasteiger partial charge < -0.3 is 9.73 Å². The molecule has 0 saturated heterocycles. The van der Waals surface area contributed by atoms with Crippen molar-refractivity contribution in [2.75, 3.05) is 0 Å². The van der Waals surface area contributed by atoms with E-state index in [1.54, 1.807) is 11.3 Å². The summed E-state index contributed by atoms with van der Waals surface area (Å²) in [6, 6.07) is 2.11. The molecule has 0 spiro atoms. The highest BCUT2D eigenvalue weighted by molar-refractivity contribution is 9.10. The molecule has 0 radical (unpaired) electrons. The second-order valence-corrected chi connectivity index (χ2v) is 5.50. The van der Waals surface area contributed by atoms with Crippen LogP contribution in [-0.4, -0.2) is 4.98 Å². The molecule has 2 aromatic rings. The molecule has 0 aliphatic carbocycles. The Morgan fingerprint density at radius 2 is 2.25 bits per heavy atom. The van der Waals surface area contributed by atoms with Crippen molar-refractivity contribution in [3.8, 4) is 0 Å². The van der Waals surface area contributed by atoms with Gasteiger partial charge in [-0.1, -0.05) is 0 Å². The highest BCUT2D eigenvalue weighted by atomic mass is 79.9. The first kappa shape index (κ1) is 11.8. The second-order valence-electron chi connectivity index (χ2n) is 3.58. The topological polar surface area (TPSA) is 38.1 Å². The lowest BCUT2D eigenvalue weighted by Gasteiger charge is -1.98. The summed E-state index contributed by atoms with van der Waals surface area (Å²) >= 11 is 5.17. The normalized spacial score (nSPS) is 10.9. The van der Waals surface area contributed by atoms with Gasteiger partial charge >= 0.3 is 0 Å². The van der Waals surface area contributed by atoms with Crippen LogP contribution in [0.2, 0.25) is 0 Å². The van der Waals surface area contributed by atoms with Gasteiger partial charge in [0.15, 0.2) is 0 Å². The molecule has 2 heterocycles. The second kappa shape index (κ2) is 5.12. The zero-order valence-corrected chi connectivity index (χ0v) is 11.6. The van der Waals surface area contributed by atoms with Gasteiger partial charge in [-0.3, -0.25) is 0 Å². The number of nitrogens with zero attached hydrogens (tertiary/aromatic N) is 1. The molecule has 2 rings (SSSR count). The van der Waals surface area contributed by atoms with Gasteiger partial charge in [-0.15, -0.1) is 11.3 Å². The van der Waals surface area contributed by atoms with E-state index in [1.807, 2.05) is 13.8 Å². The van der Waals surface area contributed by atoms with Crippen LogP contribution in [0.1, 0.15) is 22.2 Å². The van der Waals surface area contributed by atoms with Gasteiger partial charge in [0.1, 0.15) is 5.76 Å². The molecule has 0 saturated carbocycles. The lowest BCUT2D eigenvalue weighted by molar-refractivity contribution is 0.449. The van der Waals surface area contributed by atoms with Crippen LogP contribution in [0, 0.1) is 13.8 Å². The van der Waals surface area contributed by atoms with Crippen molar-refractivity contribution in [1.82, 2.24) is 10.3 Å². The third kappa shape index (κ3) is 2.93. The lowest BCUT2D eigenvalue weighted by Crippen LogP contribution is -2.11. The minimum atomic E-state index is 0.671. The van der Waals surface area contributed by atoms with E-state index >= 15 is 0 Å². The summed E-state index contributed by atoms with van der Waals surface area (Å²) in [6.45, 7) is 5.40. The summed E-state index contributed by atoms with van der Waals surface area (Å²) in [6.07, 6.45) is 0. The van der Waals surface area contributed by atoms with Crippen LogP contribution in [0.4, 0.5) is 0 Å². The lowest BCUT2D eigenvalue weighted by atomic mass is 10.4. The van der Waals surface area contributed by atoms with Crippen LogP contribution in [0.3, 0.4) is 0 Å². The van der Waals surface area contributed by atoms with E-state index < -0.39 is 0 Å². The summed E-state index contributed by atoms with van der Waals surface area (Å²) in [4.78, 5) is 5.61. The van der Waals surface area contributed by atoms with Gasteiger partial charge in [0, 0.05) is 21.3 Å². The Morgan fingerprint density at radius 3 is 2.81 bits per heavy atom. The zero-order valence-electron chi connectivity index (χ0n) is 9.21. The number of rotatable bonds is 4. The van der Waals surface area contributed by atoms with E-state index in [0.717, 1.165) is 28.4 Å². The number of aryl methyl sites for hydroxylation is 2. The first-order valence-electron chi connectivity index (χ1n) is 5.01. The molecule has 0 atom stereocenters. The third-order valence-corrected chi connectivity index (χ3v) is 3.97. The van der Waals surface area contributed by atoms with Gasteiger partial charge in [-0.25, -0.2) is 4.98 Å². The molecular formula is C11H13BrN2OS. The molecule has 3 nitrogen and oxygen atoms in total. The summed E-state index contributed by atoms with van der Waals surface area (Å²) in [5.41, 5.74) is 0.968. The van der Waals surface area contributed by atoms with Crippen molar-refractivity contribution in [3.05, 3.63) is 38.1 Å². The quantitative estimate of drug-likeness (QED) is 0.940. The Kier molecular flexibility index (Phi) is 3.78. The molecule has 0 bridgehead atoms. The van der Waals surface area contributed by atoms with Gasteiger partial charge in [0.05, 0.1) is 12.2 Å². The van der Waals surface area contributed by atoms with Crippen molar-refractivity contribution in [3.63, 3.8) is 0 Å². The van der Waals surface area contributed by atoms with Crippen molar-refractivity contribution in [2.24, 2.45) is 0 Å². The minimum absolute atomic E-state index is 0.671. The van der Waals surface area contributed by atoms with Crippen LogP contribution < -0.4 is 5.32 Å². The van der Waals surface area contributed by atoms with Crippen molar-refractivity contribution < 1.29 is 4.42 Å². The molecule has 0 unspecified atom stereocenters. The predicted octanol–water partition coefficient (Wildman–Crippen LogP) is 3.41. The van der Waals surface area contributed by atoms with Crippen LogP contribution in [0.15, 0.2) is 20.3 Å². The molecule has 0 aliphatic heterocycles. The zero-order chi connectivity index (χ0) is 11.5. The van der Waals surface area contributed by atoms with E-state index in [4.69, 9.17) is 4.42 Å². The molecular weight excluding hydrogens is 288 g/mol. The molecule has 5 heteroatoms. The summed E-state index contributed by atoms with van der Waals surface area (Å²) in [7, 11) is 0. The largest absolute Gasteiger partial charge is 0.444 e. The molecule has 0 aliphatic rings. The average Bonchev–Trinajstić information content (AvgIpc) is 2.75. The van der Waals surface area contributed by atoms with Crippen LogP contribution in [-0.2, 0) is 13.1 Å². The van der Waals surface area contributed by atoms with E-state index in [1.165, 1.54) is 4.88 Å². The fraction of sp³-hybridized carbons (Fsp3) is 0.364. The SMILES string of the molecule is Cc1nc(CNCc2cc(Br)cs2)oc1C. The first-order chi connectivity index (χ1) is 7.65. The molecule has 86 valence electrons. The van der Waals surface area contributed by atoms with Gasteiger partial charge in [0.2, 0.25) is 5.89 Å². The molecule has 2 aromatic heterocycles. The highest BCUT2D eigenvalue weighted by Gasteiger charge is 2.05.